The van der Waals surface area contributed by atoms with Gasteiger partial charge in [-0.3, -0.25) is 5.43 Å². The molecule has 0 aromatic rings. The first kappa shape index (κ1) is 6.62. The summed E-state index contributed by atoms with van der Waals surface area (Å²) in [6.45, 7) is 5.90. The molecule has 0 radical (unpaired) electrons. The van der Waals surface area contributed by atoms with Crippen LogP contribution in [0.25, 0.3) is 0 Å². The van der Waals surface area contributed by atoms with Crippen LogP contribution in [0.15, 0.2) is 0 Å². The van der Waals surface area contributed by atoms with E-state index in [1.165, 1.54) is 13.0 Å². The second kappa shape index (κ2) is 1.74. The second-order valence-electron chi connectivity index (χ2n) is 4.24. The minimum atomic E-state index is 0.652. The van der Waals surface area contributed by atoms with Crippen LogP contribution in [0.2, 0.25) is 0 Å². The van der Waals surface area contributed by atoms with Crippen molar-refractivity contribution >= 4 is 0 Å². The summed E-state index contributed by atoms with van der Waals surface area (Å²) in [6.07, 6.45) is 1.42. The van der Waals surface area contributed by atoms with Gasteiger partial charge in [-0.15, -0.1) is 0 Å². The normalized spacial score (nSPS) is 54.3. The molecule has 2 rings (SSSR count). The molecule has 0 bridgehead atoms. The average Bonchev–Trinajstić information content (AvgIpc) is 2.39. The van der Waals surface area contributed by atoms with E-state index in [9.17, 15) is 0 Å². The summed E-state index contributed by atoms with van der Waals surface area (Å²) in [4.78, 5) is 0. The van der Waals surface area contributed by atoms with E-state index in [2.05, 4.69) is 31.3 Å². The second-order valence-corrected chi connectivity index (χ2v) is 4.24. The first-order valence-corrected chi connectivity index (χ1v) is 4.09. The fourth-order valence-corrected chi connectivity index (χ4v) is 2.43. The van der Waals surface area contributed by atoms with Crippen molar-refractivity contribution in [3.8, 4) is 0 Å². The lowest BCUT2D eigenvalue weighted by molar-refractivity contribution is 0.110. The third-order valence-electron chi connectivity index (χ3n) is 3.05. The summed E-state index contributed by atoms with van der Waals surface area (Å²) in [5, 5.41) is 2.23. The highest BCUT2D eigenvalue weighted by Gasteiger charge is 2.55. The lowest BCUT2D eigenvalue weighted by Gasteiger charge is -2.32. The summed E-state index contributed by atoms with van der Waals surface area (Å²) >= 11 is 0. The number of hydrogen-bond donors (Lipinski definition) is 1. The molecule has 2 nitrogen and oxygen atoms in total. The monoisotopic (exact) mass is 140 g/mol. The summed E-state index contributed by atoms with van der Waals surface area (Å²) in [5.74, 6) is 0.948. The molecule has 2 fully saturated rings. The Balaban J connectivity index is 2.08. The van der Waals surface area contributed by atoms with Crippen molar-refractivity contribution in [1.29, 1.82) is 0 Å². The van der Waals surface area contributed by atoms with Crippen molar-refractivity contribution in [1.82, 2.24) is 10.4 Å². The van der Waals surface area contributed by atoms with Crippen molar-refractivity contribution in [3.05, 3.63) is 0 Å². The van der Waals surface area contributed by atoms with Gasteiger partial charge >= 0.3 is 0 Å². The molecule has 2 heteroatoms. The molecule has 1 heterocycles. The van der Waals surface area contributed by atoms with Gasteiger partial charge in [-0.25, -0.2) is 5.01 Å². The highest BCUT2D eigenvalue weighted by Crippen LogP contribution is 2.55. The van der Waals surface area contributed by atoms with Crippen molar-refractivity contribution in [2.24, 2.45) is 11.3 Å². The fraction of sp³-hybridized carbons (Fsp3) is 1.00. The highest BCUT2D eigenvalue weighted by atomic mass is 15.5. The summed E-state index contributed by atoms with van der Waals surface area (Å²) in [6, 6.07) is 0.698. The minimum Gasteiger partial charge on any atom is -0.252 e. The van der Waals surface area contributed by atoms with Gasteiger partial charge in [0.25, 0.3) is 0 Å². The standard InChI is InChI=1S/C8H16N2/c1-6-7-4-8(7,2)5-10(3)9-6/h6-7,9H,4-5H2,1-3H3. The molecule has 1 saturated heterocycles. The molecule has 0 amide bonds. The molecule has 1 aliphatic heterocycles. The molecule has 0 aromatic heterocycles. The maximum absolute atomic E-state index is 3.43. The zero-order valence-corrected chi connectivity index (χ0v) is 7.02. The molecule has 1 saturated carbocycles. The Morgan fingerprint density at radius 2 is 2.30 bits per heavy atom. The Hall–Kier alpha value is -0.0800. The Labute approximate surface area is 62.6 Å². The zero-order chi connectivity index (χ0) is 7.35. The summed E-state index contributed by atoms with van der Waals surface area (Å²) in [5.41, 5.74) is 4.08. The molecule has 10 heavy (non-hydrogen) atoms. The van der Waals surface area contributed by atoms with E-state index >= 15 is 0 Å². The summed E-state index contributed by atoms with van der Waals surface area (Å²) < 4.78 is 0. The molecule has 58 valence electrons. The maximum atomic E-state index is 3.43. The van der Waals surface area contributed by atoms with Crippen molar-refractivity contribution < 1.29 is 0 Å². The van der Waals surface area contributed by atoms with E-state index in [0.717, 1.165) is 5.92 Å². The van der Waals surface area contributed by atoms with Crippen LogP contribution in [0.5, 0.6) is 0 Å². The largest absolute Gasteiger partial charge is 0.252 e. The Kier molecular flexibility index (Phi) is 1.15. The van der Waals surface area contributed by atoms with E-state index in [-0.39, 0.29) is 0 Å². The van der Waals surface area contributed by atoms with Crippen molar-refractivity contribution in [2.45, 2.75) is 26.3 Å². The van der Waals surface area contributed by atoms with E-state index in [0.29, 0.717) is 11.5 Å². The highest BCUT2D eigenvalue weighted by molar-refractivity contribution is 5.06. The molecule has 1 aliphatic carbocycles. The zero-order valence-electron chi connectivity index (χ0n) is 7.02. The number of rotatable bonds is 0. The van der Waals surface area contributed by atoms with Gasteiger partial charge in [-0.2, -0.15) is 0 Å². The van der Waals surface area contributed by atoms with E-state index in [1.807, 2.05) is 0 Å². The van der Waals surface area contributed by atoms with Crippen LogP contribution >= 0.6 is 0 Å². The Morgan fingerprint density at radius 1 is 1.60 bits per heavy atom. The van der Waals surface area contributed by atoms with Gasteiger partial charge in [0.1, 0.15) is 0 Å². The van der Waals surface area contributed by atoms with Crippen molar-refractivity contribution in [3.63, 3.8) is 0 Å². The molecule has 1 N–H and O–H groups in total. The third-order valence-corrected chi connectivity index (χ3v) is 3.05. The van der Waals surface area contributed by atoms with Gasteiger partial charge in [0.15, 0.2) is 0 Å². The molecule has 2 aliphatic rings. The van der Waals surface area contributed by atoms with Gasteiger partial charge < -0.3 is 0 Å². The Bertz CT molecular complexity index is 157. The first-order chi connectivity index (χ1) is 4.62. The van der Waals surface area contributed by atoms with Gasteiger partial charge in [-0.05, 0) is 24.7 Å². The molecule has 0 aromatic carbocycles. The SMILES string of the molecule is CC1NN(C)CC2(C)CC12. The quantitative estimate of drug-likeness (QED) is 0.536. The molecule has 0 spiro atoms. The number of fused-ring (bicyclic) bond motifs is 1. The topological polar surface area (TPSA) is 15.3 Å². The third kappa shape index (κ3) is 0.789. The smallest absolute Gasteiger partial charge is 0.0221 e. The number of hydrazine groups is 1. The fourth-order valence-electron chi connectivity index (χ4n) is 2.43. The average molecular weight is 140 g/mol. The van der Waals surface area contributed by atoms with Gasteiger partial charge in [-0.1, -0.05) is 6.92 Å². The van der Waals surface area contributed by atoms with Crippen LogP contribution in [0.4, 0.5) is 0 Å². The first-order valence-electron chi connectivity index (χ1n) is 4.09. The van der Waals surface area contributed by atoms with Gasteiger partial charge in [0, 0.05) is 19.6 Å². The predicted octanol–water partition coefficient (Wildman–Crippen LogP) is 0.851. The van der Waals surface area contributed by atoms with Crippen molar-refractivity contribution in [2.75, 3.05) is 13.6 Å². The number of nitrogens with one attached hydrogen (secondary N) is 1. The summed E-state index contributed by atoms with van der Waals surface area (Å²) in [7, 11) is 2.14. The van der Waals surface area contributed by atoms with Crippen LogP contribution in [-0.2, 0) is 0 Å². The lowest BCUT2D eigenvalue weighted by Crippen LogP contribution is -2.49. The van der Waals surface area contributed by atoms with Crippen LogP contribution in [0.1, 0.15) is 20.3 Å². The number of hydrogen-bond acceptors (Lipinski definition) is 2. The van der Waals surface area contributed by atoms with Crippen LogP contribution < -0.4 is 5.43 Å². The predicted molar refractivity (Wildman–Crippen MR) is 41.4 cm³/mol. The molecular formula is C8H16N2. The van der Waals surface area contributed by atoms with Crippen LogP contribution in [0.3, 0.4) is 0 Å². The minimum absolute atomic E-state index is 0.652. The van der Waals surface area contributed by atoms with Gasteiger partial charge in [0.2, 0.25) is 0 Å². The Morgan fingerprint density at radius 3 is 2.90 bits per heavy atom. The molecular weight excluding hydrogens is 124 g/mol. The van der Waals surface area contributed by atoms with Crippen LogP contribution in [-0.4, -0.2) is 24.6 Å². The van der Waals surface area contributed by atoms with E-state index < -0.39 is 0 Å². The van der Waals surface area contributed by atoms with Crippen LogP contribution in [0, 0.1) is 11.3 Å². The molecule has 3 atom stereocenters. The molecule has 3 unspecified atom stereocenters. The lowest BCUT2D eigenvalue weighted by atomic mass is 10.0. The van der Waals surface area contributed by atoms with E-state index in [1.54, 1.807) is 0 Å². The maximum Gasteiger partial charge on any atom is 0.0221 e. The van der Waals surface area contributed by atoms with Gasteiger partial charge in [0.05, 0.1) is 0 Å². The number of nitrogens with zero attached hydrogens (tertiary/aromatic N) is 1. The van der Waals surface area contributed by atoms with E-state index in [4.69, 9.17) is 0 Å².